The van der Waals surface area contributed by atoms with Crippen LogP contribution in [0.1, 0.15) is 32.3 Å². The number of benzene rings is 1. The molecule has 0 aromatic heterocycles. The van der Waals surface area contributed by atoms with Crippen molar-refractivity contribution in [3.8, 4) is 0 Å². The Labute approximate surface area is 192 Å². The lowest BCUT2D eigenvalue weighted by atomic mass is 9.97. The van der Waals surface area contributed by atoms with Crippen LogP contribution in [0.5, 0.6) is 0 Å². The van der Waals surface area contributed by atoms with Crippen LogP contribution < -0.4 is 10.0 Å². The first kappa shape index (κ1) is 26.1. The van der Waals surface area contributed by atoms with E-state index in [0.717, 1.165) is 24.6 Å². The summed E-state index contributed by atoms with van der Waals surface area (Å²) in [4.78, 5) is 6.96. The van der Waals surface area contributed by atoms with E-state index in [1.165, 1.54) is 12.8 Å². The molecule has 29 heavy (non-hydrogen) atoms. The van der Waals surface area contributed by atoms with Gasteiger partial charge in [-0.15, -0.1) is 24.0 Å². The van der Waals surface area contributed by atoms with Gasteiger partial charge in [-0.05, 0) is 42.4 Å². The Hall–Kier alpha value is -0.910. The molecule has 1 unspecified atom stereocenters. The van der Waals surface area contributed by atoms with Crippen molar-refractivity contribution < 1.29 is 13.2 Å². The standard InChI is InChI=1S/C20H34N4O3S.HI/c1-16(2)12-18-8-10-24(15-18)20(21-3)22-14-17-6-5-7-19(13-17)28(25,26)23-9-11-27-4;/h5-7,13,16,18,23H,8-12,14-15H2,1-4H3,(H,21,22);1H. The van der Waals surface area contributed by atoms with Crippen LogP contribution in [0, 0.1) is 11.8 Å². The molecule has 1 fully saturated rings. The summed E-state index contributed by atoms with van der Waals surface area (Å²) in [5, 5.41) is 3.37. The SMILES string of the molecule is CN=C(NCc1cccc(S(=O)(=O)NCCOC)c1)N1CCC(CC(C)C)C1.I. The summed E-state index contributed by atoms with van der Waals surface area (Å²) in [6, 6.07) is 6.98. The lowest BCUT2D eigenvalue weighted by molar-refractivity contribution is 0.204. The number of guanidine groups is 1. The van der Waals surface area contributed by atoms with Gasteiger partial charge in [0, 0.05) is 40.3 Å². The van der Waals surface area contributed by atoms with Crippen LogP contribution in [0.25, 0.3) is 0 Å². The summed E-state index contributed by atoms with van der Waals surface area (Å²) in [5.74, 6) is 2.30. The molecule has 0 spiro atoms. The van der Waals surface area contributed by atoms with E-state index in [2.05, 4.69) is 33.8 Å². The summed E-state index contributed by atoms with van der Waals surface area (Å²) >= 11 is 0. The smallest absolute Gasteiger partial charge is 0.240 e. The van der Waals surface area contributed by atoms with Crippen molar-refractivity contribution in [2.75, 3.05) is 40.4 Å². The van der Waals surface area contributed by atoms with Gasteiger partial charge in [0.1, 0.15) is 0 Å². The number of halogens is 1. The van der Waals surface area contributed by atoms with E-state index >= 15 is 0 Å². The Bertz CT molecular complexity index is 756. The second kappa shape index (κ2) is 12.7. The van der Waals surface area contributed by atoms with Crippen molar-refractivity contribution in [3.05, 3.63) is 29.8 Å². The van der Waals surface area contributed by atoms with Crippen molar-refractivity contribution in [2.24, 2.45) is 16.8 Å². The minimum atomic E-state index is -3.53. The number of ether oxygens (including phenoxy) is 1. The highest BCUT2D eigenvalue weighted by molar-refractivity contribution is 14.0. The Morgan fingerprint density at radius 1 is 1.38 bits per heavy atom. The fraction of sp³-hybridized carbons (Fsp3) is 0.650. The highest BCUT2D eigenvalue weighted by Gasteiger charge is 2.25. The monoisotopic (exact) mass is 538 g/mol. The van der Waals surface area contributed by atoms with Crippen LogP contribution in [0.2, 0.25) is 0 Å². The Balaban J connectivity index is 0.00000420. The number of likely N-dealkylation sites (tertiary alicyclic amines) is 1. The minimum absolute atomic E-state index is 0. The Morgan fingerprint density at radius 3 is 2.79 bits per heavy atom. The first-order valence-corrected chi connectivity index (χ1v) is 11.4. The molecule has 2 N–H and O–H groups in total. The zero-order chi connectivity index (χ0) is 20.6. The lowest BCUT2D eigenvalue weighted by Crippen LogP contribution is -2.39. The lowest BCUT2D eigenvalue weighted by Gasteiger charge is -2.22. The van der Waals surface area contributed by atoms with Gasteiger partial charge in [0.2, 0.25) is 10.0 Å². The second-order valence-electron chi connectivity index (χ2n) is 7.67. The quantitative estimate of drug-likeness (QED) is 0.219. The number of methoxy groups -OCH3 is 1. The molecule has 166 valence electrons. The molecule has 1 aromatic carbocycles. The van der Waals surface area contributed by atoms with Crippen molar-refractivity contribution in [1.29, 1.82) is 0 Å². The van der Waals surface area contributed by atoms with Crippen molar-refractivity contribution in [3.63, 3.8) is 0 Å². The van der Waals surface area contributed by atoms with Crippen LogP contribution in [0.15, 0.2) is 34.2 Å². The molecule has 1 aliphatic rings. The van der Waals surface area contributed by atoms with Gasteiger partial charge < -0.3 is 15.0 Å². The van der Waals surface area contributed by atoms with E-state index in [4.69, 9.17) is 4.74 Å². The number of aliphatic imine (C=N–C) groups is 1. The predicted molar refractivity (Wildman–Crippen MR) is 128 cm³/mol. The van der Waals surface area contributed by atoms with E-state index in [1.54, 1.807) is 32.4 Å². The topological polar surface area (TPSA) is 83.0 Å². The van der Waals surface area contributed by atoms with Crippen LogP contribution in [0.3, 0.4) is 0 Å². The molecule has 1 aromatic rings. The average Bonchev–Trinajstić information content (AvgIpc) is 3.10. The molecule has 0 bridgehead atoms. The third-order valence-corrected chi connectivity index (χ3v) is 6.32. The summed E-state index contributed by atoms with van der Waals surface area (Å²) < 4.78 is 32.2. The molecule has 2 rings (SSSR count). The summed E-state index contributed by atoms with van der Waals surface area (Å²) in [5.41, 5.74) is 0.897. The normalized spacial score (nSPS) is 17.5. The molecule has 0 radical (unpaired) electrons. The van der Waals surface area contributed by atoms with Crippen LogP contribution in [-0.4, -0.2) is 59.7 Å². The Morgan fingerprint density at radius 2 is 2.14 bits per heavy atom. The molecule has 9 heteroatoms. The largest absolute Gasteiger partial charge is 0.383 e. The molecule has 1 aliphatic heterocycles. The number of sulfonamides is 1. The third-order valence-electron chi connectivity index (χ3n) is 4.86. The fourth-order valence-electron chi connectivity index (χ4n) is 3.58. The molecule has 0 amide bonds. The van der Waals surface area contributed by atoms with Gasteiger partial charge in [0.25, 0.3) is 0 Å². The zero-order valence-corrected chi connectivity index (χ0v) is 21.0. The highest BCUT2D eigenvalue weighted by Crippen LogP contribution is 2.23. The van der Waals surface area contributed by atoms with Crippen LogP contribution >= 0.6 is 24.0 Å². The minimum Gasteiger partial charge on any atom is -0.383 e. The van der Waals surface area contributed by atoms with E-state index in [1.807, 2.05) is 6.07 Å². The molecular formula is C20H35IN4O3S. The number of rotatable bonds is 9. The summed E-state index contributed by atoms with van der Waals surface area (Å²) in [7, 11) is -0.201. The zero-order valence-electron chi connectivity index (χ0n) is 17.8. The van der Waals surface area contributed by atoms with Gasteiger partial charge in [-0.2, -0.15) is 0 Å². The van der Waals surface area contributed by atoms with Gasteiger partial charge >= 0.3 is 0 Å². The predicted octanol–water partition coefficient (Wildman–Crippen LogP) is 2.67. The van der Waals surface area contributed by atoms with E-state index in [-0.39, 0.29) is 35.4 Å². The maximum Gasteiger partial charge on any atom is 0.240 e. The maximum atomic E-state index is 12.4. The highest BCUT2D eigenvalue weighted by atomic mass is 127. The maximum absolute atomic E-state index is 12.4. The van der Waals surface area contributed by atoms with Crippen molar-refractivity contribution in [1.82, 2.24) is 14.9 Å². The Kier molecular flexibility index (Phi) is 11.4. The molecule has 0 saturated carbocycles. The van der Waals surface area contributed by atoms with Gasteiger partial charge in [-0.25, -0.2) is 13.1 Å². The summed E-state index contributed by atoms with van der Waals surface area (Å²) in [6.45, 7) is 7.68. The second-order valence-corrected chi connectivity index (χ2v) is 9.44. The average molecular weight is 538 g/mol. The van der Waals surface area contributed by atoms with E-state index < -0.39 is 10.0 Å². The summed E-state index contributed by atoms with van der Waals surface area (Å²) in [6.07, 6.45) is 2.43. The number of hydrogen-bond acceptors (Lipinski definition) is 4. The van der Waals surface area contributed by atoms with Gasteiger partial charge in [-0.3, -0.25) is 4.99 Å². The number of hydrogen-bond donors (Lipinski definition) is 2. The molecule has 0 aliphatic carbocycles. The molecular weight excluding hydrogens is 503 g/mol. The first-order chi connectivity index (χ1) is 13.4. The van der Waals surface area contributed by atoms with E-state index in [0.29, 0.717) is 25.0 Å². The molecule has 1 atom stereocenters. The number of nitrogens with one attached hydrogen (secondary N) is 2. The molecule has 7 nitrogen and oxygen atoms in total. The first-order valence-electron chi connectivity index (χ1n) is 9.89. The third kappa shape index (κ3) is 8.39. The van der Waals surface area contributed by atoms with Gasteiger partial charge in [0.05, 0.1) is 11.5 Å². The van der Waals surface area contributed by atoms with E-state index in [9.17, 15) is 8.42 Å². The van der Waals surface area contributed by atoms with Gasteiger partial charge in [-0.1, -0.05) is 26.0 Å². The van der Waals surface area contributed by atoms with Crippen molar-refractivity contribution >= 4 is 40.0 Å². The fourth-order valence-corrected chi connectivity index (χ4v) is 4.66. The van der Waals surface area contributed by atoms with Crippen molar-refractivity contribution in [2.45, 2.75) is 38.1 Å². The molecule has 1 heterocycles. The van der Waals surface area contributed by atoms with Gasteiger partial charge in [0.15, 0.2) is 5.96 Å². The van der Waals surface area contributed by atoms with Crippen LogP contribution in [-0.2, 0) is 21.3 Å². The number of nitrogens with zero attached hydrogens (tertiary/aromatic N) is 2. The molecule has 1 saturated heterocycles. The van der Waals surface area contributed by atoms with Crippen LogP contribution in [0.4, 0.5) is 0 Å².